The molecule has 2 nitrogen and oxygen atoms in total. The lowest BCUT2D eigenvalue weighted by molar-refractivity contribution is -0.520. The van der Waals surface area contributed by atoms with Gasteiger partial charge in [-0.3, -0.25) is 0 Å². The monoisotopic (exact) mass is 316 g/mol. The highest BCUT2D eigenvalue weighted by atomic mass is 19.3. The van der Waals surface area contributed by atoms with E-state index in [1.165, 1.54) is 0 Å². The van der Waals surface area contributed by atoms with Crippen LogP contribution in [-0.2, 0) is 9.47 Å². The van der Waals surface area contributed by atoms with Crippen LogP contribution < -0.4 is 0 Å². The average Bonchev–Trinajstić information content (AvgIpc) is 2.13. The molecule has 0 aromatic rings. The summed E-state index contributed by atoms with van der Waals surface area (Å²) < 4.78 is 135. The summed E-state index contributed by atoms with van der Waals surface area (Å²) in [7, 11) is 0. The number of alkyl halides is 11. The van der Waals surface area contributed by atoms with E-state index >= 15 is 0 Å². The minimum Gasteiger partial charge on any atom is -0.246 e. The van der Waals surface area contributed by atoms with Crippen molar-refractivity contribution in [1.82, 2.24) is 0 Å². The molecule has 0 saturated heterocycles. The second-order valence-electron chi connectivity index (χ2n) is 2.87. The van der Waals surface area contributed by atoms with Crippen LogP contribution in [0.2, 0.25) is 0 Å². The number of ether oxygens (including phenoxy) is 2. The molecule has 0 fully saturated rings. The minimum atomic E-state index is -6.56. The molecule has 0 aliphatic heterocycles. The van der Waals surface area contributed by atoms with E-state index in [-0.39, 0.29) is 0 Å². The predicted molar refractivity (Wildman–Crippen MR) is 33.9 cm³/mol. The quantitative estimate of drug-likeness (QED) is 0.668. The van der Waals surface area contributed by atoms with E-state index in [9.17, 15) is 48.3 Å². The fourth-order valence-electron chi connectivity index (χ4n) is 0.549. The van der Waals surface area contributed by atoms with Gasteiger partial charge >= 0.3 is 30.9 Å². The van der Waals surface area contributed by atoms with Crippen LogP contribution in [-0.4, -0.2) is 37.5 Å². The van der Waals surface area contributed by atoms with E-state index < -0.39 is 37.5 Å². The summed E-state index contributed by atoms with van der Waals surface area (Å²) in [5.41, 5.74) is 0. The van der Waals surface area contributed by atoms with Crippen molar-refractivity contribution in [3.05, 3.63) is 0 Å². The van der Waals surface area contributed by atoms with Crippen LogP contribution in [0.4, 0.5) is 48.3 Å². The Labute approximate surface area is 96.6 Å². The Hall–Kier alpha value is -0.850. The molecule has 116 valence electrons. The summed E-state index contributed by atoms with van der Waals surface area (Å²) in [6.45, 7) is -3.00. The zero-order chi connectivity index (χ0) is 15.7. The van der Waals surface area contributed by atoms with Crippen LogP contribution in [0.3, 0.4) is 0 Å². The molecule has 0 aliphatic carbocycles. The molecule has 0 aliphatic rings. The predicted octanol–water partition coefficient (Wildman–Crippen LogP) is 3.63. The average molecular weight is 316 g/mol. The van der Waals surface area contributed by atoms with Crippen LogP contribution in [0.15, 0.2) is 0 Å². The van der Waals surface area contributed by atoms with E-state index in [0.29, 0.717) is 0 Å². The largest absolute Gasteiger partial charge is 0.453 e. The van der Waals surface area contributed by atoms with E-state index in [4.69, 9.17) is 0 Å². The lowest BCUT2D eigenvalue weighted by Crippen LogP contribution is -2.53. The first-order chi connectivity index (χ1) is 8.17. The lowest BCUT2D eigenvalue weighted by Gasteiger charge is -2.30. The van der Waals surface area contributed by atoms with Gasteiger partial charge in [0.25, 0.3) is 0 Å². The second kappa shape index (κ2) is 5.26. The van der Waals surface area contributed by atoms with Crippen molar-refractivity contribution in [2.75, 3.05) is 6.67 Å². The molecule has 0 radical (unpaired) electrons. The summed E-state index contributed by atoms with van der Waals surface area (Å²) in [5.74, 6) is 0. The molecule has 0 bridgehead atoms. The zero-order valence-corrected chi connectivity index (χ0v) is 8.26. The lowest BCUT2D eigenvalue weighted by atomic mass is 10.5. The number of rotatable bonds is 7. The molecule has 0 atom stereocenters. The van der Waals surface area contributed by atoms with Crippen LogP contribution in [0.1, 0.15) is 0 Å². The molecule has 19 heavy (non-hydrogen) atoms. The standard InChI is InChI=1S/C6H3F11O2/c7-1-3(10,11)18-5(14,15)6(16,17)19-4(12,13)2(8)9/h2H,1H2. The van der Waals surface area contributed by atoms with Gasteiger partial charge in [-0.05, 0) is 0 Å². The van der Waals surface area contributed by atoms with Crippen LogP contribution in [0, 0.1) is 0 Å². The zero-order valence-electron chi connectivity index (χ0n) is 8.26. The molecule has 0 saturated carbocycles. The maximum absolute atomic E-state index is 12.4. The summed E-state index contributed by atoms with van der Waals surface area (Å²) in [4.78, 5) is 0. The van der Waals surface area contributed by atoms with Gasteiger partial charge in [0.2, 0.25) is 0 Å². The number of hydrogen-bond acceptors (Lipinski definition) is 2. The fraction of sp³-hybridized carbons (Fsp3) is 1.00. The fourth-order valence-corrected chi connectivity index (χ4v) is 0.549. The molecule has 0 unspecified atom stereocenters. The Morgan fingerprint density at radius 1 is 0.737 bits per heavy atom. The molecule has 0 aromatic carbocycles. The van der Waals surface area contributed by atoms with E-state index in [2.05, 4.69) is 0 Å². The van der Waals surface area contributed by atoms with Gasteiger partial charge in [0.1, 0.15) is 0 Å². The Bertz CT molecular complexity index is 302. The maximum atomic E-state index is 12.4. The van der Waals surface area contributed by atoms with Crippen LogP contribution in [0.5, 0.6) is 0 Å². The molecular formula is C6H3F11O2. The van der Waals surface area contributed by atoms with Crippen molar-refractivity contribution < 1.29 is 57.8 Å². The third kappa shape index (κ3) is 4.63. The van der Waals surface area contributed by atoms with Gasteiger partial charge in [0, 0.05) is 0 Å². The van der Waals surface area contributed by atoms with Crippen molar-refractivity contribution >= 4 is 0 Å². The van der Waals surface area contributed by atoms with Crippen molar-refractivity contribution in [3.63, 3.8) is 0 Å². The molecule has 0 aromatic heterocycles. The third-order valence-electron chi connectivity index (χ3n) is 1.29. The SMILES string of the molecule is FCC(F)(F)OC(F)(F)C(F)(F)OC(F)(F)C(F)F. The van der Waals surface area contributed by atoms with Crippen molar-refractivity contribution in [3.8, 4) is 0 Å². The summed E-state index contributed by atoms with van der Waals surface area (Å²) in [6, 6.07) is 0. The molecule has 0 amide bonds. The summed E-state index contributed by atoms with van der Waals surface area (Å²) in [5, 5.41) is 0. The Kier molecular flexibility index (Phi) is 5.03. The van der Waals surface area contributed by atoms with Crippen molar-refractivity contribution in [2.24, 2.45) is 0 Å². The number of hydrogen-bond donors (Lipinski definition) is 0. The Morgan fingerprint density at radius 2 is 1.11 bits per heavy atom. The highest BCUT2D eigenvalue weighted by molar-refractivity contribution is 4.72. The molecular weight excluding hydrogens is 313 g/mol. The molecule has 0 rings (SSSR count). The van der Waals surface area contributed by atoms with Gasteiger partial charge in [0.15, 0.2) is 6.67 Å². The smallest absolute Gasteiger partial charge is 0.246 e. The second-order valence-corrected chi connectivity index (χ2v) is 2.87. The first kappa shape index (κ1) is 18.1. The summed E-state index contributed by atoms with van der Waals surface area (Å²) >= 11 is 0. The topological polar surface area (TPSA) is 18.5 Å². The molecule has 0 heterocycles. The van der Waals surface area contributed by atoms with E-state index in [1.54, 1.807) is 4.74 Å². The Balaban J connectivity index is 5.08. The van der Waals surface area contributed by atoms with Gasteiger partial charge in [-0.15, -0.1) is 0 Å². The minimum absolute atomic E-state index is 1.79. The van der Waals surface area contributed by atoms with E-state index in [0.717, 1.165) is 0 Å². The van der Waals surface area contributed by atoms with E-state index in [1.807, 2.05) is 4.74 Å². The first-order valence-electron chi connectivity index (χ1n) is 3.92. The number of halogens is 11. The van der Waals surface area contributed by atoms with Crippen molar-refractivity contribution in [2.45, 2.75) is 30.9 Å². The summed E-state index contributed by atoms with van der Waals surface area (Å²) in [6.07, 6.45) is -29.5. The molecule has 0 spiro atoms. The van der Waals surface area contributed by atoms with Gasteiger partial charge in [-0.2, -0.15) is 35.1 Å². The van der Waals surface area contributed by atoms with Gasteiger partial charge in [-0.25, -0.2) is 22.6 Å². The van der Waals surface area contributed by atoms with Crippen LogP contribution in [0.25, 0.3) is 0 Å². The highest BCUT2D eigenvalue weighted by Gasteiger charge is 2.68. The third-order valence-corrected chi connectivity index (χ3v) is 1.29. The van der Waals surface area contributed by atoms with Crippen LogP contribution >= 0.6 is 0 Å². The van der Waals surface area contributed by atoms with Gasteiger partial charge < -0.3 is 0 Å². The first-order valence-corrected chi connectivity index (χ1v) is 3.92. The van der Waals surface area contributed by atoms with Gasteiger partial charge in [-0.1, -0.05) is 0 Å². The molecule has 0 N–H and O–H groups in total. The normalized spacial score (nSPS) is 15.2. The molecule has 13 heteroatoms. The Morgan fingerprint density at radius 3 is 1.42 bits per heavy atom. The van der Waals surface area contributed by atoms with Crippen molar-refractivity contribution in [1.29, 1.82) is 0 Å². The highest BCUT2D eigenvalue weighted by Crippen LogP contribution is 2.44. The maximum Gasteiger partial charge on any atom is 0.453 e. The van der Waals surface area contributed by atoms with Gasteiger partial charge in [0.05, 0.1) is 0 Å².